The number of thioether (sulfide) groups is 1. The maximum Gasteiger partial charge on any atom is 0.353 e. The van der Waals surface area contributed by atoms with Crippen molar-refractivity contribution >= 4 is 62.4 Å². The Bertz CT molecular complexity index is 944. The average Bonchev–Trinajstić information content (AvgIpc) is 3.11. The van der Waals surface area contributed by atoms with E-state index in [1.807, 2.05) is 0 Å². The van der Waals surface area contributed by atoms with Gasteiger partial charge in [-0.3, -0.25) is 14.5 Å². The van der Waals surface area contributed by atoms with Crippen molar-refractivity contribution in [2.45, 2.75) is 18.3 Å². The van der Waals surface area contributed by atoms with Gasteiger partial charge in [0.1, 0.15) is 32.9 Å². The molecule has 2 atom stereocenters. The first-order valence-electron chi connectivity index (χ1n) is 7.64. The minimum atomic E-state index is -1.29. The Kier molecular flexibility index (Phi) is 5.81. The van der Waals surface area contributed by atoms with Gasteiger partial charge in [-0.15, -0.1) is 26.9 Å². The summed E-state index contributed by atoms with van der Waals surface area (Å²) in [6, 6.07) is -1.05. The van der Waals surface area contributed by atoms with Crippen LogP contribution in [0.25, 0.3) is 5.57 Å². The van der Waals surface area contributed by atoms with Crippen molar-refractivity contribution in [1.82, 2.24) is 20.4 Å². The zero-order valence-electron chi connectivity index (χ0n) is 14.1. The number of β-lactam (4-membered cyclic amide) rings is 1. The molecule has 2 aliphatic heterocycles. The molecule has 0 saturated carbocycles. The molecule has 3 rings (SSSR count). The van der Waals surface area contributed by atoms with Crippen molar-refractivity contribution < 1.29 is 24.6 Å². The molecule has 28 heavy (non-hydrogen) atoms. The van der Waals surface area contributed by atoms with E-state index < -0.39 is 40.7 Å². The lowest BCUT2D eigenvalue weighted by Crippen LogP contribution is -2.70. The zero-order chi connectivity index (χ0) is 20.6. The number of allylic oxidation sites excluding steroid dienone is 1. The number of nitroso groups, excluding NO2 is 1. The molecule has 0 aliphatic carbocycles. The molecule has 11 nitrogen and oxygen atoms in total. The fraction of sp³-hybridized carbons (Fsp3) is 0.357. The number of alkyl halides is 1. The number of amides is 2. The molecule has 1 fully saturated rings. The van der Waals surface area contributed by atoms with Crippen LogP contribution >= 0.6 is 39.0 Å². The number of carbonyl (C=O) groups excluding carboxylic acids is 2. The first-order chi connectivity index (χ1) is 13.3. The number of nitrogens with one attached hydrogen (secondary N) is 1. The van der Waals surface area contributed by atoms with Crippen LogP contribution in [-0.4, -0.2) is 65.6 Å². The van der Waals surface area contributed by atoms with Gasteiger partial charge >= 0.3 is 5.97 Å². The number of aliphatic hydroxyl groups is 1. The number of hydrogen-bond donors (Lipinski definition) is 3. The molecule has 14 heteroatoms. The van der Waals surface area contributed by atoms with E-state index in [9.17, 15) is 29.5 Å². The molecular formula is C14H12BrN5O6S2. The molecule has 1 aromatic rings. The molecule has 0 bridgehead atoms. The Hall–Kier alpha value is -2.32. The van der Waals surface area contributed by atoms with E-state index >= 15 is 0 Å². The van der Waals surface area contributed by atoms with Gasteiger partial charge in [0.2, 0.25) is 5.70 Å². The Balaban J connectivity index is 1.87. The second kappa shape index (κ2) is 7.97. The van der Waals surface area contributed by atoms with Crippen molar-refractivity contribution in [2.75, 3.05) is 11.1 Å². The fourth-order valence-corrected chi connectivity index (χ4v) is 5.14. The smallest absolute Gasteiger partial charge is 0.353 e. The third-order valence-corrected chi connectivity index (χ3v) is 6.66. The summed E-state index contributed by atoms with van der Waals surface area (Å²) in [4.78, 5) is 48.4. The van der Waals surface area contributed by atoms with Gasteiger partial charge < -0.3 is 15.5 Å². The van der Waals surface area contributed by atoms with Gasteiger partial charge in [0.05, 0.1) is 5.33 Å². The average molecular weight is 490 g/mol. The number of fused-ring (bicyclic) bond motifs is 1. The second-order valence-corrected chi connectivity index (χ2v) is 8.49. The molecule has 3 N–H and O–H groups in total. The summed E-state index contributed by atoms with van der Waals surface area (Å²) in [7, 11) is 0. The summed E-state index contributed by atoms with van der Waals surface area (Å²) in [6.45, 7) is 1.73. The van der Waals surface area contributed by atoms with Crippen molar-refractivity contribution in [2.24, 2.45) is 5.18 Å². The Labute approximate surface area is 174 Å². The van der Waals surface area contributed by atoms with E-state index in [1.165, 1.54) is 23.1 Å². The predicted molar refractivity (Wildman–Crippen MR) is 103 cm³/mol. The highest BCUT2D eigenvalue weighted by Crippen LogP contribution is 2.43. The van der Waals surface area contributed by atoms with E-state index in [0.29, 0.717) is 15.6 Å². The minimum Gasteiger partial charge on any atom is -0.509 e. The lowest BCUT2D eigenvalue weighted by Gasteiger charge is -2.49. The summed E-state index contributed by atoms with van der Waals surface area (Å²) in [5.74, 6) is -3.29. The number of carboxylic acid groups (broad SMARTS) is 1. The number of carboxylic acids is 1. The lowest BCUT2D eigenvalue weighted by atomic mass is 10.0. The predicted octanol–water partition coefficient (Wildman–Crippen LogP) is 0.973. The molecule has 0 aromatic carbocycles. The number of hydrogen-bond acceptors (Lipinski definition) is 10. The van der Waals surface area contributed by atoms with Gasteiger partial charge in [0.15, 0.2) is 0 Å². The highest BCUT2D eigenvalue weighted by Gasteiger charge is 2.54. The highest BCUT2D eigenvalue weighted by molar-refractivity contribution is 9.09. The minimum absolute atomic E-state index is 0.166. The topological polar surface area (TPSA) is 162 Å². The van der Waals surface area contributed by atoms with Crippen molar-refractivity contribution in [3.8, 4) is 0 Å². The number of rotatable bonds is 6. The third kappa shape index (κ3) is 3.42. The van der Waals surface area contributed by atoms with Crippen LogP contribution in [0.5, 0.6) is 0 Å². The Morgan fingerprint density at radius 1 is 1.39 bits per heavy atom. The monoisotopic (exact) mass is 489 g/mol. The molecule has 1 aromatic heterocycles. The highest BCUT2D eigenvalue weighted by atomic mass is 79.9. The van der Waals surface area contributed by atoms with Gasteiger partial charge in [-0.05, 0) is 12.1 Å². The van der Waals surface area contributed by atoms with Crippen LogP contribution in [0.3, 0.4) is 0 Å². The number of aliphatic carboxylic acids is 1. The molecule has 0 radical (unpaired) electrons. The lowest BCUT2D eigenvalue weighted by molar-refractivity contribution is -0.150. The number of aromatic nitrogens is 2. The largest absolute Gasteiger partial charge is 0.509 e. The van der Waals surface area contributed by atoms with Crippen molar-refractivity contribution in [3.05, 3.63) is 32.1 Å². The van der Waals surface area contributed by atoms with Crippen LogP contribution in [0, 0.1) is 11.8 Å². The third-order valence-electron chi connectivity index (χ3n) is 3.95. The maximum absolute atomic E-state index is 12.5. The summed E-state index contributed by atoms with van der Waals surface area (Å²) in [6.07, 6.45) is 0. The quantitative estimate of drug-likeness (QED) is 0.173. The van der Waals surface area contributed by atoms with E-state index in [0.717, 1.165) is 4.90 Å². The first kappa shape index (κ1) is 20.4. The van der Waals surface area contributed by atoms with Gasteiger partial charge in [0.25, 0.3) is 11.8 Å². The van der Waals surface area contributed by atoms with Crippen molar-refractivity contribution in [3.63, 3.8) is 0 Å². The zero-order valence-corrected chi connectivity index (χ0v) is 17.3. The normalized spacial score (nSPS) is 22.2. The molecule has 148 valence electrons. The first-order valence-corrected chi connectivity index (χ1v) is 10.6. The summed E-state index contributed by atoms with van der Waals surface area (Å²) in [5.41, 5.74) is -0.574. The Morgan fingerprint density at radius 2 is 2.11 bits per heavy atom. The van der Waals surface area contributed by atoms with Crippen molar-refractivity contribution in [1.29, 1.82) is 0 Å². The van der Waals surface area contributed by atoms with Gasteiger partial charge in [-0.2, -0.15) is 0 Å². The number of nitrogens with zero attached hydrogens (tertiary/aromatic N) is 4. The van der Waals surface area contributed by atoms with Crippen LogP contribution in [0.2, 0.25) is 0 Å². The summed E-state index contributed by atoms with van der Waals surface area (Å²) >= 11 is 5.36. The number of aryl methyl sites for hydroxylation is 1. The molecule has 1 saturated heterocycles. The molecule has 2 aliphatic rings. The van der Waals surface area contributed by atoms with E-state index in [-0.39, 0.29) is 16.8 Å². The SMILES string of the molecule is Cc1nnc(C2=C(C(=O)O)N3C(=O)C(NC(=O)C(N=O)=C(O)CBr)[C@H]3SC2)s1. The molecular weight excluding hydrogens is 478 g/mol. The summed E-state index contributed by atoms with van der Waals surface area (Å²) < 4.78 is 0. The van der Waals surface area contributed by atoms with E-state index in [2.05, 4.69) is 36.6 Å². The Morgan fingerprint density at radius 3 is 2.64 bits per heavy atom. The maximum atomic E-state index is 12.5. The van der Waals surface area contributed by atoms with Crippen LogP contribution < -0.4 is 5.32 Å². The van der Waals surface area contributed by atoms with Gasteiger partial charge in [0, 0.05) is 11.3 Å². The molecule has 3 heterocycles. The molecule has 1 unspecified atom stereocenters. The standard InChI is InChI=1S/C14H12BrN5O6S2/c1-4-17-18-11(28-4)5-3-27-13-8(12(23)20(13)9(5)14(24)25)16-10(22)7(19-26)6(21)2-15/h8,13,21H,2-3H2,1H3,(H,16,22)(H,24,25)/t8?,13-/m1/s1. The fourth-order valence-electron chi connectivity index (χ4n) is 2.70. The number of halogens is 1. The van der Waals surface area contributed by atoms with Crippen LogP contribution in [0.15, 0.2) is 22.3 Å². The summed E-state index contributed by atoms with van der Waals surface area (Å²) in [5, 5.41) is 32.0. The van der Waals surface area contributed by atoms with Crippen LogP contribution in [0.1, 0.15) is 10.0 Å². The van der Waals surface area contributed by atoms with E-state index in [4.69, 9.17) is 0 Å². The van der Waals surface area contributed by atoms with Crippen LogP contribution in [-0.2, 0) is 14.4 Å². The molecule has 0 spiro atoms. The van der Waals surface area contributed by atoms with E-state index in [1.54, 1.807) is 6.92 Å². The van der Waals surface area contributed by atoms with Gasteiger partial charge in [-0.25, -0.2) is 4.79 Å². The van der Waals surface area contributed by atoms with Crippen LogP contribution in [0.4, 0.5) is 0 Å². The van der Waals surface area contributed by atoms with Gasteiger partial charge in [-0.1, -0.05) is 27.3 Å². The number of carbonyl (C=O) groups is 3. The molecule has 2 amide bonds. The number of aliphatic hydroxyl groups excluding tert-OH is 1. The second-order valence-electron chi connectivity index (χ2n) is 5.64.